The van der Waals surface area contributed by atoms with E-state index in [0.717, 1.165) is 37.4 Å². The van der Waals surface area contributed by atoms with Gasteiger partial charge in [0.1, 0.15) is 11.9 Å². The van der Waals surface area contributed by atoms with Gasteiger partial charge < -0.3 is 15.0 Å². The Labute approximate surface area is 114 Å². The Kier molecular flexibility index (Phi) is 4.60. The number of aromatic nitrogens is 1. The van der Waals surface area contributed by atoms with Gasteiger partial charge in [-0.3, -0.25) is 4.98 Å². The molecule has 1 N–H and O–H groups in total. The van der Waals surface area contributed by atoms with Crippen molar-refractivity contribution in [2.75, 3.05) is 19.6 Å². The van der Waals surface area contributed by atoms with Crippen molar-refractivity contribution in [3.63, 3.8) is 0 Å². The Balaban J connectivity index is 1.80. The molecule has 5 nitrogen and oxygen atoms in total. The maximum absolute atomic E-state index is 11.7. The molecule has 0 unspecified atom stereocenters. The SMILES string of the molecule is CCNC(=O)N1CCC(Oc2ccc(C)nc2)CC1. The van der Waals surface area contributed by atoms with E-state index >= 15 is 0 Å². The summed E-state index contributed by atoms with van der Waals surface area (Å²) >= 11 is 0. The number of nitrogens with one attached hydrogen (secondary N) is 1. The number of amides is 2. The van der Waals surface area contributed by atoms with Crippen LogP contribution < -0.4 is 10.1 Å². The summed E-state index contributed by atoms with van der Waals surface area (Å²) in [5.74, 6) is 0.807. The minimum Gasteiger partial charge on any atom is -0.489 e. The van der Waals surface area contributed by atoms with Gasteiger partial charge in [0, 0.05) is 38.2 Å². The summed E-state index contributed by atoms with van der Waals surface area (Å²) in [7, 11) is 0. The first-order valence-corrected chi connectivity index (χ1v) is 6.81. The molecule has 1 fully saturated rings. The molecule has 0 aromatic carbocycles. The van der Waals surface area contributed by atoms with Crippen LogP contribution in [0.5, 0.6) is 5.75 Å². The molecule has 1 aliphatic rings. The van der Waals surface area contributed by atoms with Crippen LogP contribution in [0.25, 0.3) is 0 Å². The van der Waals surface area contributed by atoms with E-state index in [4.69, 9.17) is 4.74 Å². The summed E-state index contributed by atoms with van der Waals surface area (Å²) in [6, 6.07) is 3.91. The van der Waals surface area contributed by atoms with Gasteiger partial charge >= 0.3 is 6.03 Å². The maximum Gasteiger partial charge on any atom is 0.317 e. The summed E-state index contributed by atoms with van der Waals surface area (Å²) in [4.78, 5) is 17.7. The average Bonchev–Trinajstić information content (AvgIpc) is 2.42. The highest BCUT2D eigenvalue weighted by Crippen LogP contribution is 2.18. The molecule has 0 aliphatic carbocycles. The monoisotopic (exact) mass is 263 g/mol. The molecule has 0 atom stereocenters. The Morgan fingerprint density at radius 2 is 2.21 bits per heavy atom. The lowest BCUT2D eigenvalue weighted by molar-refractivity contribution is 0.111. The molecule has 104 valence electrons. The molecule has 19 heavy (non-hydrogen) atoms. The molecule has 1 aromatic heterocycles. The lowest BCUT2D eigenvalue weighted by Gasteiger charge is -2.32. The smallest absolute Gasteiger partial charge is 0.317 e. The number of carbonyl (C=O) groups is 1. The average molecular weight is 263 g/mol. The number of rotatable bonds is 3. The second kappa shape index (κ2) is 6.41. The highest BCUT2D eigenvalue weighted by Gasteiger charge is 2.23. The van der Waals surface area contributed by atoms with Crippen LogP contribution in [0.2, 0.25) is 0 Å². The van der Waals surface area contributed by atoms with Gasteiger partial charge in [0.25, 0.3) is 0 Å². The fourth-order valence-electron chi connectivity index (χ4n) is 2.16. The minimum absolute atomic E-state index is 0.0259. The van der Waals surface area contributed by atoms with Crippen molar-refractivity contribution in [1.82, 2.24) is 15.2 Å². The molecular weight excluding hydrogens is 242 g/mol. The molecule has 2 amide bonds. The van der Waals surface area contributed by atoms with Crippen molar-refractivity contribution in [3.05, 3.63) is 24.0 Å². The van der Waals surface area contributed by atoms with Gasteiger partial charge in [-0.1, -0.05) is 0 Å². The quantitative estimate of drug-likeness (QED) is 0.907. The molecule has 1 aliphatic heterocycles. The van der Waals surface area contributed by atoms with E-state index in [2.05, 4.69) is 10.3 Å². The predicted octanol–water partition coefficient (Wildman–Crippen LogP) is 1.96. The molecule has 1 aromatic rings. The third-order valence-corrected chi connectivity index (χ3v) is 3.24. The number of likely N-dealkylation sites (tertiary alicyclic amines) is 1. The van der Waals surface area contributed by atoms with E-state index < -0.39 is 0 Å². The number of ether oxygens (including phenoxy) is 1. The first kappa shape index (κ1) is 13.6. The highest BCUT2D eigenvalue weighted by molar-refractivity contribution is 5.74. The van der Waals surface area contributed by atoms with Crippen molar-refractivity contribution in [2.45, 2.75) is 32.8 Å². The summed E-state index contributed by atoms with van der Waals surface area (Å²) in [6.45, 7) is 6.04. The lowest BCUT2D eigenvalue weighted by Crippen LogP contribution is -2.46. The minimum atomic E-state index is 0.0259. The fraction of sp³-hybridized carbons (Fsp3) is 0.571. The zero-order valence-electron chi connectivity index (χ0n) is 11.6. The van der Waals surface area contributed by atoms with E-state index in [-0.39, 0.29) is 12.1 Å². The lowest BCUT2D eigenvalue weighted by atomic mass is 10.1. The van der Waals surface area contributed by atoms with Crippen molar-refractivity contribution in [1.29, 1.82) is 0 Å². The Bertz CT molecular complexity index is 411. The number of pyridine rings is 1. The van der Waals surface area contributed by atoms with Gasteiger partial charge in [0.2, 0.25) is 0 Å². The van der Waals surface area contributed by atoms with Gasteiger partial charge in [0.15, 0.2) is 0 Å². The van der Waals surface area contributed by atoms with Gasteiger partial charge in [-0.05, 0) is 26.0 Å². The van der Waals surface area contributed by atoms with Crippen LogP contribution in [-0.4, -0.2) is 41.7 Å². The Morgan fingerprint density at radius 1 is 1.47 bits per heavy atom. The summed E-state index contributed by atoms with van der Waals surface area (Å²) in [6.07, 6.45) is 3.66. The van der Waals surface area contributed by atoms with Crippen molar-refractivity contribution >= 4 is 6.03 Å². The van der Waals surface area contributed by atoms with E-state index in [9.17, 15) is 4.79 Å². The number of hydrogen-bond acceptors (Lipinski definition) is 3. The van der Waals surface area contributed by atoms with Gasteiger partial charge in [-0.15, -0.1) is 0 Å². The number of piperidine rings is 1. The first-order valence-electron chi connectivity index (χ1n) is 6.81. The maximum atomic E-state index is 11.7. The van der Waals surface area contributed by atoms with Crippen molar-refractivity contribution < 1.29 is 9.53 Å². The third-order valence-electron chi connectivity index (χ3n) is 3.24. The first-order chi connectivity index (χ1) is 9.19. The van der Waals surface area contributed by atoms with Crippen LogP contribution in [0.3, 0.4) is 0 Å². The largest absolute Gasteiger partial charge is 0.489 e. The fourth-order valence-corrected chi connectivity index (χ4v) is 2.16. The van der Waals surface area contributed by atoms with Crippen LogP contribution in [0.4, 0.5) is 4.79 Å². The Hall–Kier alpha value is -1.78. The van der Waals surface area contributed by atoms with Gasteiger partial charge in [-0.2, -0.15) is 0 Å². The van der Waals surface area contributed by atoms with Crippen molar-refractivity contribution in [3.8, 4) is 5.75 Å². The number of carbonyl (C=O) groups excluding carboxylic acids is 1. The van der Waals surface area contributed by atoms with E-state index in [0.29, 0.717) is 6.54 Å². The molecule has 0 bridgehead atoms. The number of urea groups is 1. The Morgan fingerprint density at radius 3 is 2.79 bits per heavy atom. The molecule has 2 rings (SSSR count). The summed E-state index contributed by atoms with van der Waals surface area (Å²) < 4.78 is 5.88. The second-order valence-corrected chi connectivity index (χ2v) is 4.78. The molecule has 0 saturated carbocycles. The van der Waals surface area contributed by atoms with Crippen LogP contribution in [0.15, 0.2) is 18.3 Å². The standard InChI is InChI=1S/C14H21N3O2/c1-3-15-14(18)17-8-6-12(7-9-17)19-13-5-4-11(2)16-10-13/h4-5,10,12H,3,6-9H2,1-2H3,(H,15,18). The summed E-state index contributed by atoms with van der Waals surface area (Å²) in [5, 5.41) is 2.82. The number of aryl methyl sites for hydroxylation is 1. The van der Waals surface area contributed by atoms with Crippen LogP contribution in [0, 0.1) is 6.92 Å². The van der Waals surface area contributed by atoms with Crippen LogP contribution in [0.1, 0.15) is 25.5 Å². The summed E-state index contributed by atoms with van der Waals surface area (Å²) in [5.41, 5.74) is 0.985. The van der Waals surface area contributed by atoms with Gasteiger partial charge in [-0.25, -0.2) is 4.79 Å². The highest BCUT2D eigenvalue weighted by atomic mass is 16.5. The zero-order valence-corrected chi connectivity index (χ0v) is 11.6. The van der Waals surface area contributed by atoms with Crippen LogP contribution >= 0.6 is 0 Å². The second-order valence-electron chi connectivity index (χ2n) is 4.78. The molecule has 0 radical (unpaired) electrons. The normalized spacial score (nSPS) is 16.2. The molecule has 0 spiro atoms. The molecule has 1 saturated heterocycles. The van der Waals surface area contributed by atoms with E-state index in [1.54, 1.807) is 6.20 Å². The van der Waals surface area contributed by atoms with Gasteiger partial charge in [0.05, 0.1) is 6.20 Å². The molecule has 2 heterocycles. The topological polar surface area (TPSA) is 54.5 Å². The van der Waals surface area contributed by atoms with Crippen LogP contribution in [-0.2, 0) is 0 Å². The number of hydrogen-bond donors (Lipinski definition) is 1. The molecular formula is C14H21N3O2. The molecule has 5 heteroatoms. The van der Waals surface area contributed by atoms with Crippen molar-refractivity contribution in [2.24, 2.45) is 0 Å². The third kappa shape index (κ3) is 3.84. The van der Waals surface area contributed by atoms with E-state index in [1.165, 1.54) is 0 Å². The number of nitrogens with zero attached hydrogens (tertiary/aromatic N) is 2. The van der Waals surface area contributed by atoms with E-state index in [1.807, 2.05) is 30.9 Å². The zero-order chi connectivity index (χ0) is 13.7. The predicted molar refractivity (Wildman–Crippen MR) is 73.3 cm³/mol.